The molecule has 2 aromatic rings. The fourth-order valence-corrected chi connectivity index (χ4v) is 1.75. The molecule has 0 atom stereocenters. The number of hydrogen-bond acceptors (Lipinski definition) is 4. The Kier molecular flexibility index (Phi) is 5.26. The van der Waals surface area contributed by atoms with Gasteiger partial charge in [0, 0.05) is 24.6 Å². The predicted molar refractivity (Wildman–Crippen MR) is 83.0 cm³/mol. The lowest BCUT2D eigenvalue weighted by molar-refractivity contribution is 0.0944. The van der Waals surface area contributed by atoms with Gasteiger partial charge in [0.15, 0.2) is 0 Å². The van der Waals surface area contributed by atoms with Gasteiger partial charge in [-0.1, -0.05) is 19.9 Å². The molecule has 0 aliphatic carbocycles. The molecule has 2 aromatic heterocycles. The van der Waals surface area contributed by atoms with Crippen LogP contribution in [0.3, 0.4) is 0 Å². The molecule has 2 N–H and O–H groups in total. The van der Waals surface area contributed by atoms with E-state index >= 15 is 0 Å². The maximum atomic E-state index is 12.0. The van der Waals surface area contributed by atoms with Crippen molar-refractivity contribution in [1.82, 2.24) is 15.3 Å². The first-order valence-corrected chi connectivity index (χ1v) is 7.03. The molecule has 2 heterocycles. The third-order valence-corrected chi connectivity index (χ3v) is 2.86. The van der Waals surface area contributed by atoms with Crippen molar-refractivity contribution < 1.29 is 4.79 Å². The molecule has 0 unspecified atom stereocenters. The second kappa shape index (κ2) is 7.38. The number of carbonyl (C=O) groups is 1. The number of pyridine rings is 2. The fourth-order valence-electron chi connectivity index (χ4n) is 1.75. The van der Waals surface area contributed by atoms with Crippen LogP contribution in [0.1, 0.15) is 30.0 Å². The molecule has 0 fully saturated rings. The zero-order valence-corrected chi connectivity index (χ0v) is 12.3. The Hall–Kier alpha value is -2.43. The Labute approximate surface area is 124 Å². The maximum Gasteiger partial charge on any atom is 0.269 e. The highest BCUT2D eigenvalue weighted by Crippen LogP contribution is 2.09. The topological polar surface area (TPSA) is 66.9 Å². The molecular weight excluding hydrogens is 264 g/mol. The van der Waals surface area contributed by atoms with Gasteiger partial charge in [0.05, 0.1) is 12.2 Å². The molecule has 0 aliphatic rings. The fraction of sp³-hybridized carbons (Fsp3) is 0.312. The minimum absolute atomic E-state index is 0.148. The highest BCUT2D eigenvalue weighted by molar-refractivity contribution is 5.93. The van der Waals surface area contributed by atoms with Crippen LogP contribution >= 0.6 is 0 Å². The minimum Gasteiger partial charge on any atom is -0.379 e. The average molecular weight is 284 g/mol. The van der Waals surface area contributed by atoms with Crippen LogP contribution in [0.2, 0.25) is 0 Å². The Bertz CT molecular complexity index is 584. The van der Waals surface area contributed by atoms with Gasteiger partial charge in [0.25, 0.3) is 5.91 Å². The van der Waals surface area contributed by atoms with Crippen LogP contribution in [0.15, 0.2) is 42.7 Å². The van der Waals surface area contributed by atoms with Gasteiger partial charge in [0.2, 0.25) is 0 Å². The molecule has 2 rings (SSSR count). The Morgan fingerprint density at radius 3 is 2.76 bits per heavy atom. The first kappa shape index (κ1) is 15.0. The van der Waals surface area contributed by atoms with E-state index in [1.165, 1.54) is 0 Å². The van der Waals surface area contributed by atoms with Crippen molar-refractivity contribution in [1.29, 1.82) is 0 Å². The van der Waals surface area contributed by atoms with E-state index in [2.05, 4.69) is 34.4 Å². The van der Waals surface area contributed by atoms with Crippen molar-refractivity contribution in [3.63, 3.8) is 0 Å². The molecule has 1 amide bonds. The van der Waals surface area contributed by atoms with E-state index in [0.29, 0.717) is 24.7 Å². The molecule has 0 aliphatic heterocycles. The molecule has 0 aromatic carbocycles. The maximum absolute atomic E-state index is 12.0. The van der Waals surface area contributed by atoms with Crippen LogP contribution in [-0.2, 0) is 6.54 Å². The van der Waals surface area contributed by atoms with Crippen LogP contribution in [-0.4, -0.2) is 22.4 Å². The molecular formula is C16H20N4O. The van der Waals surface area contributed by atoms with E-state index in [0.717, 1.165) is 11.4 Å². The molecule has 0 saturated carbocycles. The van der Waals surface area contributed by atoms with Crippen molar-refractivity contribution in [2.75, 3.05) is 11.9 Å². The number of carbonyl (C=O) groups excluding carboxylic acids is 1. The Morgan fingerprint density at radius 1 is 1.19 bits per heavy atom. The smallest absolute Gasteiger partial charge is 0.269 e. The summed E-state index contributed by atoms with van der Waals surface area (Å²) in [5.74, 6) is 0.268. The largest absolute Gasteiger partial charge is 0.379 e. The van der Waals surface area contributed by atoms with Gasteiger partial charge in [-0.2, -0.15) is 0 Å². The van der Waals surface area contributed by atoms with Crippen molar-refractivity contribution in [2.45, 2.75) is 20.4 Å². The van der Waals surface area contributed by atoms with Crippen LogP contribution in [0.4, 0.5) is 5.69 Å². The SMILES string of the molecule is CC(C)CNC(=O)c1cc(NCc2ccccn2)ccn1. The van der Waals surface area contributed by atoms with E-state index < -0.39 is 0 Å². The average Bonchev–Trinajstić information content (AvgIpc) is 2.52. The normalized spacial score (nSPS) is 10.4. The van der Waals surface area contributed by atoms with Gasteiger partial charge in [-0.25, -0.2) is 0 Å². The van der Waals surface area contributed by atoms with E-state index in [9.17, 15) is 4.79 Å². The van der Waals surface area contributed by atoms with Gasteiger partial charge in [-0.15, -0.1) is 0 Å². The van der Waals surface area contributed by atoms with Gasteiger partial charge >= 0.3 is 0 Å². The first-order chi connectivity index (χ1) is 10.1. The summed E-state index contributed by atoms with van der Waals surface area (Å²) in [7, 11) is 0. The van der Waals surface area contributed by atoms with E-state index in [1.807, 2.05) is 24.3 Å². The van der Waals surface area contributed by atoms with Gasteiger partial charge in [-0.3, -0.25) is 14.8 Å². The van der Waals surface area contributed by atoms with Crippen molar-refractivity contribution in [3.05, 3.63) is 54.1 Å². The highest BCUT2D eigenvalue weighted by atomic mass is 16.1. The standard InChI is InChI=1S/C16H20N4O/c1-12(2)10-20-16(21)15-9-13(6-8-18-15)19-11-14-5-3-4-7-17-14/h3-9,12H,10-11H2,1-2H3,(H,18,19)(H,20,21). The highest BCUT2D eigenvalue weighted by Gasteiger charge is 2.08. The number of hydrogen-bond donors (Lipinski definition) is 2. The summed E-state index contributed by atoms with van der Waals surface area (Å²) in [4.78, 5) is 20.3. The summed E-state index contributed by atoms with van der Waals surface area (Å²) >= 11 is 0. The third kappa shape index (κ3) is 4.87. The zero-order valence-electron chi connectivity index (χ0n) is 12.3. The predicted octanol–water partition coefficient (Wildman–Crippen LogP) is 2.47. The van der Waals surface area contributed by atoms with Crippen LogP contribution in [0.5, 0.6) is 0 Å². The summed E-state index contributed by atoms with van der Waals surface area (Å²) in [6, 6.07) is 9.36. The summed E-state index contributed by atoms with van der Waals surface area (Å²) in [6.07, 6.45) is 3.39. The Morgan fingerprint density at radius 2 is 2.05 bits per heavy atom. The molecule has 0 radical (unpaired) electrons. The molecule has 0 spiro atoms. The zero-order chi connectivity index (χ0) is 15.1. The molecule has 0 bridgehead atoms. The summed E-state index contributed by atoms with van der Waals surface area (Å²) in [5.41, 5.74) is 2.21. The van der Waals surface area contributed by atoms with E-state index in [1.54, 1.807) is 18.5 Å². The second-order valence-corrected chi connectivity index (χ2v) is 5.21. The lowest BCUT2D eigenvalue weighted by Gasteiger charge is -2.09. The third-order valence-electron chi connectivity index (χ3n) is 2.86. The summed E-state index contributed by atoms with van der Waals surface area (Å²) in [5, 5.41) is 6.10. The number of aromatic nitrogens is 2. The lowest BCUT2D eigenvalue weighted by atomic mass is 10.2. The second-order valence-electron chi connectivity index (χ2n) is 5.21. The number of anilines is 1. The number of amides is 1. The first-order valence-electron chi connectivity index (χ1n) is 7.03. The van der Waals surface area contributed by atoms with Crippen molar-refractivity contribution in [2.24, 2.45) is 5.92 Å². The number of nitrogens with one attached hydrogen (secondary N) is 2. The van der Waals surface area contributed by atoms with Crippen molar-refractivity contribution in [3.8, 4) is 0 Å². The molecule has 5 nitrogen and oxygen atoms in total. The van der Waals surface area contributed by atoms with Gasteiger partial charge < -0.3 is 10.6 Å². The van der Waals surface area contributed by atoms with Crippen LogP contribution < -0.4 is 10.6 Å². The lowest BCUT2D eigenvalue weighted by Crippen LogP contribution is -2.28. The minimum atomic E-state index is -0.148. The summed E-state index contributed by atoms with van der Waals surface area (Å²) in [6.45, 7) is 5.36. The molecule has 21 heavy (non-hydrogen) atoms. The number of nitrogens with zero attached hydrogens (tertiary/aromatic N) is 2. The van der Waals surface area contributed by atoms with E-state index in [4.69, 9.17) is 0 Å². The van der Waals surface area contributed by atoms with E-state index in [-0.39, 0.29) is 5.91 Å². The summed E-state index contributed by atoms with van der Waals surface area (Å²) < 4.78 is 0. The van der Waals surface area contributed by atoms with Crippen molar-refractivity contribution >= 4 is 11.6 Å². The molecule has 0 saturated heterocycles. The van der Waals surface area contributed by atoms with Crippen LogP contribution in [0, 0.1) is 5.92 Å². The van der Waals surface area contributed by atoms with Crippen LogP contribution in [0.25, 0.3) is 0 Å². The molecule has 110 valence electrons. The molecule has 5 heteroatoms. The Balaban J connectivity index is 1.96. The van der Waals surface area contributed by atoms with Gasteiger partial charge in [0.1, 0.15) is 5.69 Å². The monoisotopic (exact) mass is 284 g/mol. The van der Waals surface area contributed by atoms with Gasteiger partial charge in [-0.05, 0) is 30.2 Å². The quantitative estimate of drug-likeness (QED) is 0.855. The number of rotatable bonds is 6.